The molecule has 4 heteroatoms. The van der Waals surface area contributed by atoms with Crippen LogP contribution >= 0.6 is 15.9 Å². The molecule has 74 valence electrons. The van der Waals surface area contributed by atoms with E-state index in [4.69, 9.17) is 0 Å². The monoisotopic (exact) mass is 248 g/mol. The van der Waals surface area contributed by atoms with Gasteiger partial charge < -0.3 is 4.74 Å². The number of esters is 1. The number of hydrogen-bond acceptors (Lipinski definition) is 3. The predicted molar refractivity (Wildman–Crippen MR) is 53.6 cm³/mol. The Morgan fingerprint density at radius 1 is 1.38 bits per heavy atom. The summed E-state index contributed by atoms with van der Waals surface area (Å²) in [5.41, 5.74) is 0. The third-order valence-electron chi connectivity index (χ3n) is 1.32. The molecule has 0 heterocycles. The normalized spacial score (nSPS) is 9.38. The van der Waals surface area contributed by atoms with Crippen LogP contribution in [0.4, 0.5) is 0 Å². The van der Waals surface area contributed by atoms with Gasteiger partial charge in [-0.3, -0.25) is 9.59 Å². The van der Waals surface area contributed by atoms with E-state index in [2.05, 4.69) is 27.2 Å². The summed E-state index contributed by atoms with van der Waals surface area (Å²) in [5, 5.41) is 0. The van der Waals surface area contributed by atoms with E-state index in [1.807, 2.05) is 0 Å². The van der Waals surface area contributed by atoms with E-state index in [-0.39, 0.29) is 12.2 Å². The molecule has 0 N–H and O–H groups in total. The van der Waals surface area contributed by atoms with Gasteiger partial charge in [-0.25, -0.2) is 0 Å². The highest BCUT2D eigenvalue weighted by Crippen LogP contribution is 2.10. The summed E-state index contributed by atoms with van der Waals surface area (Å²) >= 11 is 3.14. The molecule has 0 unspecified atom stereocenters. The SMILES string of the molecule is C=C(Br)CCC(=O)CC(=O)OCC. The van der Waals surface area contributed by atoms with Crippen LogP contribution in [0.3, 0.4) is 0 Å². The Balaban J connectivity index is 3.62. The summed E-state index contributed by atoms with van der Waals surface area (Å²) in [7, 11) is 0. The Hall–Kier alpha value is -0.640. The third kappa shape index (κ3) is 7.71. The maximum Gasteiger partial charge on any atom is 0.313 e. The van der Waals surface area contributed by atoms with Gasteiger partial charge in [-0.2, -0.15) is 0 Å². The van der Waals surface area contributed by atoms with Crippen LogP contribution in [0.2, 0.25) is 0 Å². The van der Waals surface area contributed by atoms with Gasteiger partial charge in [0.05, 0.1) is 6.61 Å². The smallest absolute Gasteiger partial charge is 0.313 e. The molecule has 0 aromatic carbocycles. The molecule has 0 spiro atoms. The summed E-state index contributed by atoms with van der Waals surface area (Å²) in [5.74, 6) is -0.563. The van der Waals surface area contributed by atoms with Crippen molar-refractivity contribution < 1.29 is 14.3 Å². The van der Waals surface area contributed by atoms with Crippen LogP contribution in [0.1, 0.15) is 26.2 Å². The van der Waals surface area contributed by atoms with Gasteiger partial charge in [0.2, 0.25) is 0 Å². The first-order valence-electron chi connectivity index (χ1n) is 4.06. The molecule has 0 rings (SSSR count). The van der Waals surface area contributed by atoms with Crippen LogP contribution in [0.25, 0.3) is 0 Å². The number of ketones is 1. The van der Waals surface area contributed by atoms with E-state index < -0.39 is 5.97 Å². The number of Topliss-reactive ketones (excluding diaryl/α,β-unsaturated/α-hetero) is 1. The Bertz CT molecular complexity index is 211. The standard InChI is InChI=1S/C9H13BrO3/c1-3-13-9(12)6-8(11)5-4-7(2)10/h2-6H2,1H3. The van der Waals surface area contributed by atoms with Crippen molar-refractivity contribution in [2.45, 2.75) is 26.2 Å². The van der Waals surface area contributed by atoms with Gasteiger partial charge in [0, 0.05) is 6.42 Å². The zero-order chi connectivity index (χ0) is 10.3. The Kier molecular flexibility index (Phi) is 6.49. The van der Waals surface area contributed by atoms with Gasteiger partial charge in [-0.1, -0.05) is 22.5 Å². The van der Waals surface area contributed by atoms with Gasteiger partial charge in [0.15, 0.2) is 0 Å². The van der Waals surface area contributed by atoms with E-state index in [1.54, 1.807) is 6.92 Å². The summed E-state index contributed by atoms with van der Waals surface area (Å²) in [6, 6.07) is 0. The minimum atomic E-state index is -0.451. The summed E-state index contributed by atoms with van der Waals surface area (Å²) < 4.78 is 5.39. The maximum absolute atomic E-state index is 11.1. The molecule has 0 aliphatic carbocycles. The molecule has 0 radical (unpaired) electrons. The second kappa shape index (κ2) is 6.83. The molecule has 0 amide bonds. The average Bonchev–Trinajstić information content (AvgIpc) is 2.01. The minimum absolute atomic E-state index is 0.112. The summed E-state index contributed by atoms with van der Waals surface area (Å²) in [6.07, 6.45) is 0.773. The first-order valence-corrected chi connectivity index (χ1v) is 4.86. The molecule has 0 aliphatic rings. The van der Waals surface area contributed by atoms with Crippen LogP contribution in [0, 0.1) is 0 Å². The maximum atomic E-state index is 11.1. The number of ether oxygens (including phenoxy) is 1. The van der Waals surface area contributed by atoms with E-state index >= 15 is 0 Å². The first kappa shape index (κ1) is 12.4. The lowest BCUT2D eigenvalue weighted by atomic mass is 10.2. The van der Waals surface area contributed by atoms with E-state index in [9.17, 15) is 9.59 Å². The van der Waals surface area contributed by atoms with E-state index in [0.717, 1.165) is 4.48 Å². The van der Waals surface area contributed by atoms with Crippen molar-refractivity contribution in [3.63, 3.8) is 0 Å². The average molecular weight is 249 g/mol. The van der Waals surface area contributed by atoms with Gasteiger partial charge in [-0.15, -0.1) is 0 Å². The molecular formula is C9H13BrO3. The highest BCUT2D eigenvalue weighted by molar-refractivity contribution is 9.11. The topological polar surface area (TPSA) is 43.4 Å². The second-order valence-corrected chi connectivity index (χ2v) is 3.66. The van der Waals surface area contributed by atoms with Gasteiger partial charge >= 0.3 is 5.97 Å². The van der Waals surface area contributed by atoms with Crippen molar-refractivity contribution in [1.29, 1.82) is 0 Å². The Morgan fingerprint density at radius 3 is 2.46 bits per heavy atom. The van der Waals surface area contributed by atoms with Crippen molar-refractivity contribution in [3.05, 3.63) is 11.1 Å². The van der Waals surface area contributed by atoms with Crippen molar-refractivity contribution in [3.8, 4) is 0 Å². The molecule has 0 saturated carbocycles. The summed E-state index contributed by atoms with van der Waals surface area (Å²) in [4.78, 5) is 21.9. The zero-order valence-electron chi connectivity index (χ0n) is 7.64. The van der Waals surface area contributed by atoms with Gasteiger partial charge in [0.1, 0.15) is 12.2 Å². The van der Waals surface area contributed by atoms with Gasteiger partial charge in [-0.05, 0) is 17.8 Å². The van der Waals surface area contributed by atoms with Crippen LogP contribution in [0.15, 0.2) is 11.1 Å². The number of carbonyl (C=O) groups is 2. The van der Waals surface area contributed by atoms with Crippen molar-refractivity contribution in [2.24, 2.45) is 0 Å². The van der Waals surface area contributed by atoms with E-state index in [1.165, 1.54) is 0 Å². The highest BCUT2D eigenvalue weighted by Gasteiger charge is 2.09. The van der Waals surface area contributed by atoms with Crippen LogP contribution in [-0.2, 0) is 14.3 Å². The predicted octanol–water partition coefficient (Wildman–Crippen LogP) is 2.20. The molecule has 3 nitrogen and oxygen atoms in total. The molecule has 0 bridgehead atoms. The fourth-order valence-corrected chi connectivity index (χ4v) is 0.935. The molecular weight excluding hydrogens is 236 g/mol. The molecule has 13 heavy (non-hydrogen) atoms. The Morgan fingerprint density at radius 2 is 2.00 bits per heavy atom. The fraction of sp³-hybridized carbons (Fsp3) is 0.556. The number of rotatable bonds is 6. The first-order chi connectivity index (χ1) is 6.06. The quantitative estimate of drug-likeness (QED) is 0.535. The largest absolute Gasteiger partial charge is 0.466 e. The van der Waals surface area contributed by atoms with E-state index in [0.29, 0.717) is 19.4 Å². The summed E-state index contributed by atoms with van der Waals surface area (Å²) in [6.45, 7) is 5.62. The molecule has 0 aliphatic heterocycles. The molecule has 0 aromatic heterocycles. The third-order valence-corrected chi connectivity index (χ3v) is 1.72. The van der Waals surface area contributed by atoms with Gasteiger partial charge in [0.25, 0.3) is 0 Å². The molecule has 0 fully saturated rings. The van der Waals surface area contributed by atoms with Crippen LogP contribution in [-0.4, -0.2) is 18.4 Å². The van der Waals surface area contributed by atoms with Crippen molar-refractivity contribution in [2.75, 3.05) is 6.61 Å². The minimum Gasteiger partial charge on any atom is -0.466 e. The number of hydrogen-bond donors (Lipinski definition) is 0. The zero-order valence-corrected chi connectivity index (χ0v) is 9.22. The van der Waals surface area contributed by atoms with Crippen LogP contribution < -0.4 is 0 Å². The number of carbonyl (C=O) groups excluding carboxylic acids is 2. The lowest BCUT2D eigenvalue weighted by Gasteiger charge is -2.00. The van der Waals surface area contributed by atoms with Crippen molar-refractivity contribution >= 4 is 27.7 Å². The number of allylic oxidation sites excluding steroid dienone is 1. The van der Waals surface area contributed by atoms with Crippen molar-refractivity contribution in [1.82, 2.24) is 0 Å². The van der Waals surface area contributed by atoms with Crippen LogP contribution in [0.5, 0.6) is 0 Å². The lowest BCUT2D eigenvalue weighted by Crippen LogP contribution is -2.10. The molecule has 0 atom stereocenters. The number of halogens is 1. The Labute approximate surface area is 86.3 Å². The molecule has 0 saturated heterocycles. The highest BCUT2D eigenvalue weighted by atomic mass is 79.9. The fourth-order valence-electron chi connectivity index (χ4n) is 0.736. The lowest BCUT2D eigenvalue weighted by molar-refractivity contribution is -0.145. The molecule has 0 aromatic rings. The second-order valence-electron chi connectivity index (χ2n) is 2.54.